The molecule has 1 saturated heterocycles. The molecule has 0 aliphatic carbocycles. The van der Waals surface area contributed by atoms with Gasteiger partial charge in [0.1, 0.15) is 11.8 Å². The second-order valence-corrected chi connectivity index (χ2v) is 7.47. The van der Waals surface area contributed by atoms with Gasteiger partial charge in [0, 0.05) is 15.6 Å². The predicted molar refractivity (Wildman–Crippen MR) is 108 cm³/mol. The normalized spacial score (nSPS) is 18.9. The Bertz CT molecular complexity index is 812. The van der Waals surface area contributed by atoms with Gasteiger partial charge in [-0.05, 0) is 50.1 Å². The summed E-state index contributed by atoms with van der Waals surface area (Å²) >= 11 is 12.6. The summed E-state index contributed by atoms with van der Waals surface area (Å²) in [6.45, 7) is 3.14. The molecule has 2 atom stereocenters. The number of carboxylic acid groups (broad SMARTS) is 1. The number of piperidine rings is 1. The van der Waals surface area contributed by atoms with Crippen molar-refractivity contribution >= 4 is 29.2 Å². The first-order valence-corrected chi connectivity index (χ1v) is 9.93. The minimum Gasteiger partial charge on any atom is -0.494 e. The molecule has 2 unspecified atom stereocenters. The molecule has 1 aliphatic heterocycles. The van der Waals surface area contributed by atoms with E-state index < -0.39 is 12.0 Å². The van der Waals surface area contributed by atoms with Crippen molar-refractivity contribution in [1.82, 2.24) is 4.90 Å². The Morgan fingerprint density at radius 1 is 1.22 bits per heavy atom. The first kappa shape index (κ1) is 20.0. The maximum atomic E-state index is 12.0. The van der Waals surface area contributed by atoms with Gasteiger partial charge in [0.25, 0.3) is 0 Å². The zero-order valence-electron chi connectivity index (χ0n) is 15.2. The highest BCUT2D eigenvalue weighted by atomic mass is 35.5. The number of benzene rings is 2. The Hall–Kier alpha value is -1.75. The largest absolute Gasteiger partial charge is 0.494 e. The van der Waals surface area contributed by atoms with Crippen LogP contribution in [-0.4, -0.2) is 35.2 Å². The summed E-state index contributed by atoms with van der Waals surface area (Å²) in [6.07, 6.45) is 2.47. The van der Waals surface area contributed by atoms with Crippen LogP contribution in [0, 0.1) is 0 Å². The molecule has 1 aliphatic rings. The van der Waals surface area contributed by atoms with Crippen LogP contribution in [0.1, 0.15) is 43.4 Å². The van der Waals surface area contributed by atoms with Crippen molar-refractivity contribution in [3.05, 3.63) is 63.6 Å². The molecule has 144 valence electrons. The van der Waals surface area contributed by atoms with Crippen LogP contribution < -0.4 is 4.74 Å². The van der Waals surface area contributed by atoms with Crippen LogP contribution in [0.3, 0.4) is 0 Å². The molecule has 27 heavy (non-hydrogen) atoms. The third kappa shape index (κ3) is 4.40. The molecule has 0 radical (unpaired) electrons. The standard InChI is InChI=1S/C21H23Cl2NO3/c1-2-27-19-9-4-3-7-16(19)20(15-11-10-14(22)13-17(15)23)24-12-6-5-8-18(24)21(25)26/h3-4,7,9-11,13,18,20H,2,5-6,8,12H2,1H3,(H,25,26). The Kier molecular flexibility index (Phi) is 6.64. The summed E-state index contributed by atoms with van der Waals surface area (Å²) in [4.78, 5) is 14.0. The van der Waals surface area contributed by atoms with Crippen molar-refractivity contribution in [2.75, 3.05) is 13.2 Å². The van der Waals surface area contributed by atoms with Gasteiger partial charge in [0.15, 0.2) is 0 Å². The molecule has 1 heterocycles. The maximum Gasteiger partial charge on any atom is 0.320 e. The Balaban J connectivity index is 2.16. The van der Waals surface area contributed by atoms with Gasteiger partial charge in [0.2, 0.25) is 0 Å². The van der Waals surface area contributed by atoms with Gasteiger partial charge < -0.3 is 9.84 Å². The molecule has 2 aromatic carbocycles. The number of hydrogen-bond donors (Lipinski definition) is 1. The van der Waals surface area contributed by atoms with Crippen LogP contribution in [-0.2, 0) is 4.79 Å². The van der Waals surface area contributed by atoms with E-state index >= 15 is 0 Å². The molecule has 0 aromatic heterocycles. The topological polar surface area (TPSA) is 49.8 Å². The van der Waals surface area contributed by atoms with Crippen molar-refractivity contribution in [3.63, 3.8) is 0 Å². The van der Waals surface area contributed by atoms with Crippen molar-refractivity contribution in [2.24, 2.45) is 0 Å². The number of carbonyl (C=O) groups is 1. The third-order valence-corrected chi connectivity index (χ3v) is 5.49. The predicted octanol–water partition coefficient (Wildman–Crippen LogP) is 5.42. The lowest BCUT2D eigenvalue weighted by Crippen LogP contribution is -2.47. The quantitative estimate of drug-likeness (QED) is 0.694. The average molecular weight is 408 g/mol. The fourth-order valence-electron chi connectivity index (χ4n) is 3.77. The van der Waals surface area contributed by atoms with Crippen molar-refractivity contribution < 1.29 is 14.6 Å². The Morgan fingerprint density at radius 2 is 2.00 bits per heavy atom. The first-order chi connectivity index (χ1) is 13.0. The van der Waals surface area contributed by atoms with E-state index in [2.05, 4.69) is 0 Å². The highest BCUT2D eigenvalue weighted by Crippen LogP contribution is 2.41. The van der Waals surface area contributed by atoms with E-state index in [0.29, 0.717) is 29.6 Å². The van der Waals surface area contributed by atoms with Crippen molar-refractivity contribution in [3.8, 4) is 5.75 Å². The van der Waals surface area contributed by atoms with Crippen LogP contribution >= 0.6 is 23.2 Å². The molecule has 1 fully saturated rings. The van der Waals surface area contributed by atoms with E-state index in [1.54, 1.807) is 12.1 Å². The smallest absolute Gasteiger partial charge is 0.320 e. The number of rotatable bonds is 6. The molecule has 4 nitrogen and oxygen atoms in total. The molecule has 0 spiro atoms. The Labute approximate surface area is 169 Å². The number of aliphatic carboxylic acids is 1. The molecule has 0 amide bonds. The van der Waals surface area contributed by atoms with Crippen LogP contribution in [0.4, 0.5) is 0 Å². The molecular weight excluding hydrogens is 385 g/mol. The summed E-state index contributed by atoms with van der Waals surface area (Å²) in [5.41, 5.74) is 1.75. The second-order valence-electron chi connectivity index (χ2n) is 6.63. The molecular formula is C21H23Cl2NO3. The number of para-hydroxylation sites is 1. The van der Waals surface area contributed by atoms with Gasteiger partial charge in [-0.25, -0.2) is 0 Å². The summed E-state index contributed by atoms with van der Waals surface area (Å²) in [5.74, 6) is -0.0654. The lowest BCUT2D eigenvalue weighted by Gasteiger charge is -2.40. The zero-order chi connectivity index (χ0) is 19.4. The van der Waals surface area contributed by atoms with Crippen molar-refractivity contribution in [2.45, 2.75) is 38.3 Å². The summed E-state index contributed by atoms with van der Waals surface area (Å²) in [6, 6.07) is 12.2. The summed E-state index contributed by atoms with van der Waals surface area (Å²) in [7, 11) is 0. The number of ether oxygens (including phenoxy) is 1. The highest BCUT2D eigenvalue weighted by molar-refractivity contribution is 6.35. The molecule has 3 rings (SSSR count). The number of likely N-dealkylation sites (tertiary alicyclic amines) is 1. The van der Waals surface area contributed by atoms with Gasteiger partial charge in [0.05, 0.1) is 12.6 Å². The van der Waals surface area contributed by atoms with Crippen molar-refractivity contribution in [1.29, 1.82) is 0 Å². The lowest BCUT2D eigenvalue weighted by molar-refractivity contribution is -0.145. The highest BCUT2D eigenvalue weighted by Gasteiger charge is 2.37. The van der Waals surface area contributed by atoms with Crippen LogP contribution in [0.2, 0.25) is 10.0 Å². The van der Waals surface area contributed by atoms with Gasteiger partial charge >= 0.3 is 5.97 Å². The van der Waals surface area contributed by atoms with E-state index in [0.717, 1.165) is 29.7 Å². The minimum atomic E-state index is -0.807. The molecule has 0 saturated carbocycles. The molecule has 1 N–H and O–H groups in total. The van der Waals surface area contributed by atoms with E-state index in [9.17, 15) is 9.90 Å². The number of halogens is 2. The molecule has 2 aromatic rings. The SMILES string of the molecule is CCOc1ccccc1C(c1ccc(Cl)cc1Cl)N1CCCCC1C(=O)O. The first-order valence-electron chi connectivity index (χ1n) is 9.18. The summed E-state index contributed by atoms with van der Waals surface area (Å²) in [5, 5.41) is 10.9. The monoisotopic (exact) mass is 407 g/mol. The van der Waals surface area contributed by atoms with Gasteiger partial charge in [-0.15, -0.1) is 0 Å². The average Bonchev–Trinajstić information content (AvgIpc) is 2.65. The lowest BCUT2D eigenvalue weighted by atomic mass is 9.91. The van der Waals surface area contributed by atoms with E-state index in [4.69, 9.17) is 27.9 Å². The maximum absolute atomic E-state index is 12.0. The van der Waals surface area contributed by atoms with Crippen LogP contribution in [0.25, 0.3) is 0 Å². The third-order valence-electron chi connectivity index (χ3n) is 4.93. The van der Waals surface area contributed by atoms with Crippen LogP contribution in [0.15, 0.2) is 42.5 Å². The molecule has 0 bridgehead atoms. The van der Waals surface area contributed by atoms with Gasteiger partial charge in [-0.1, -0.05) is 53.9 Å². The Morgan fingerprint density at radius 3 is 2.70 bits per heavy atom. The van der Waals surface area contributed by atoms with E-state index in [1.165, 1.54) is 0 Å². The van der Waals surface area contributed by atoms with Gasteiger partial charge in [-0.2, -0.15) is 0 Å². The number of hydrogen-bond acceptors (Lipinski definition) is 3. The minimum absolute atomic E-state index is 0.320. The van der Waals surface area contributed by atoms with E-state index in [1.807, 2.05) is 42.2 Å². The number of nitrogens with zero attached hydrogens (tertiary/aromatic N) is 1. The van der Waals surface area contributed by atoms with Gasteiger partial charge in [-0.3, -0.25) is 9.69 Å². The fraction of sp³-hybridized carbons (Fsp3) is 0.381. The number of carboxylic acids is 1. The van der Waals surface area contributed by atoms with E-state index in [-0.39, 0.29) is 6.04 Å². The zero-order valence-corrected chi connectivity index (χ0v) is 16.7. The fourth-order valence-corrected chi connectivity index (χ4v) is 4.28. The summed E-state index contributed by atoms with van der Waals surface area (Å²) < 4.78 is 5.85. The second kappa shape index (κ2) is 8.96. The van der Waals surface area contributed by atoms with Crippen LogP contribution in [0.5, 0.6) is 5.75 Å². The molecule has 6 heteroatoms.